The van der Waals surface area contributed by atoms with Crippen LogP contribution in [-0.2, 0) is 17.8 Å². The Hall–Kier alpha value is -2.69. The molecule has 0 saturated carbocycles. The van der Waals surface area contributed by atoms with Gasteiger partial charge in [-0.1, -0.05) is 12.1 Å². The Balaban J connectivity index is 1.91. The number of ether oxygens (including phenoxy) is 1. The summed E-state index contributed by atoms with van der Waals surface area (Å²) in [5, 5.41) is 21.7. The Labute approximate surface area is 122 Å². The van der Waals surface area contributed by atoms with Crippen LogP contribution in [0.2, 0.25) is 0 Å². The first kappa shape index (κ1) is 14.7. The van der Waals surface area contributed by atoms with Crippen LogP contribution in [0.4, 0.5) is 0 Å². The zero-order chi connectivity index (χ0) is 15.2. The molecular formula is C16H17NO4. The molecule has 0 aliphatic heterocycles. The molecule has 0 fully saturated rings. The summed E-state index contributed by atoms with van der Waals surface area (Å²) in [7, 11) is 1.60. The first-order valence-electron chi connectivity index (χ1n) is 6.49. The molecule has 0 aliphatic rings. The highest BCUT2D eigenvalue weighted by molar-refractivity contribution is 5.79. The third-order valence-corrected chi connectivity index (χ3v) is 3.06. The van der Waals surface area contributed by atoms with Crippen LogP contribution < -0.4 is 10.1 Å². The normalized spacial score (nSPS) is 10.1. The minimum absolute atomic E-state index is 0.00704. The van der Waals surface area contributed by atoms with E-state index in [2.05, 4.69) is 5.32 Å². The fourth-order valence-electron chi connectivity index (χ4n) is 1.89. The molecule has 0 aromatic heterocycles. The van der Waals surface area contributed by atoms with Crippen molar-refractivity contribution >= 4 is 5.91 Å². The number of hydrogen-bond acceptors (Lipinski definition) is 4. The monoisotopic (exact) mass is 287 g/mol. The number of carbonyl (C=O) groups excluding carboxylic acids is 1. The van der Waals surface area contributed by atoms with Crippen molar-refractivity contribution in [1.29, 1.82) is 0 Å². The first-order valence-corrected chi connectivity index (χ1v) is 6.49. The highest BCUT2D eigenvalue weighted by atomic mass is 16.5. The zero-order valence-corrected chi connectivity index (χ0v) is 11.7. The SMILES string of the molecule is COc1ccc(CNC(=O)Cc2cc(O)ccc2O)cc1. The molecule has 2 aromatic carbocycles. The van der Waals surface area contributed by atoms with Crippen molar-refractivity contribution in [2.24, 2.45) is 0 Å². The van der Waals surface area contributed by atoms with E-state index >= 15 is 0 Å². The number of hydrogen-bond donors (Lipinski definition) is 3. The summed E-state index contributed by atoms with van der Waals surface area (Å²) >= 11 is 0. The lowest BCUT2D eigenvalue weighted by Crippen LogP contribution is -2.24. The summed E-state index contributed by atoms with van der Waals surface area (Å²) in [6, 6.07) is 11.5. The third-order valence-electron chi connectivity index (χ3n) is 3.06. The van der Waals surface area contributed by atoms with E-state index in [1.54, 1.807) is 7.11 Å². The molecule has 0 bridgehead atoms. The van der Waals surface area contributed by atoms with E-state index in [1.165, 1.54) is 18.2 Å². The van der Waals surface area contributed by atoms with Gasteiger partial charge in [0, 0.05) is 12.1 Å². The fourth-order valence-corrected chi connectivity index (χ4v) is 1.89. The van der Waals surface area contributed by atoms with Crippen LogP contribution >= 0.6 is 0 Å². The molecule has 0 radical (unpaired) electrons. The summed E-state index contributed by atoms with van der Waals surface area (Å²) < 4.78 is 5.06. The van der Waals surface area contributed by atoms with Crippen molar-refractivity contribution in [3.8, 4) is 17.2 Å². The van der Waals surface area contributed by atoms with E-state index in [0.29, 0.717) is 12.1 Å². The van der Waals surface area contributed by atoms with Crippen molar-refractivity contribution in [3.05, 3.63) is 53.6 Å². The van der Waals surface area contributed by atoms with Crippen LogP contribution in [0, 0.1) is 0 Å². The van der Waals surface area contributed by atoms with Gasteiger partial charge in [-0.25, -0.2) is 0 Å². The maximum absolute atomic E-state index is 11.8. The van der Waals surface area contributed by atoms with Gasteiger partial charge in [-0.2, -0.15) is 0 Å². The number of rotatable bonds is 5. The molecule has 0 spiro atoms. The Bertz CT molecular complexity index is 623. The van der Waals surface area contributed by atoms with Gasteiger partial charge in [-0.15, -0.1) is 0 Å². The van der Waals surface area contributed by atoms with Gasteiger partial charge in [0.25, 0.3) is 0 Å². The minimum Gasteiger partial charge on any atom is -0.508 e. The Kier molecular flexibility index (Phi) is 4.66. The number of carbonyl (C=O) groups is 1. The lowest BCUT2D eigenvalue weighted by atomic mass is 10.1. The van der Waals surface area contributed by atoms with E-state index < -0.39 is 0 Å². The molecule has 0 heterocycles. The summed E-state index contributed by atoms with van der Waals surface area (Å²) in [5.41, 5.74) is 1.34. The van der Waals surface area contributed by atoms with Gasteiger partial charge in [0.2, 0.25) is 5.91 Å². The van der Waals surface area contributed by atoms with Crippen molar-refractivity contribution in [3.63, 3.8) is 0 Å². The molecule has 1 amide bonds. The summed E-state index contributed by atoms with van der Waals surface area (Å²) in [6.45, 7) is 0.391. The number of phenolic OH excluding ortho intramolecular Hbond substituents is 2. The average Bonchev–Trinajstić information content (AvgIpc) is 2.49. The third kappa shape index (κ3) is 4.14. The average molecular weight is 287 g/mol. The van der Waals surface area contributed by atoms with Crippen LogP contribution in [0.3, 0.4) is 0 Å². The zero-order valence-electron chi connectivity index (χ0n) is 11.7. The Morgan fingerprint density at radius 3 is 2.52 bits per heavy atom. The van der Waals surface area contributed by atoms with Gasteiger partial charge < -0.3 is 20.3 Å². The van der Waals surface area contributed by atoms with Gasteiger partial charge in [0.1, 0.15) is 17.2 Å². The van der Waals surface area contributed by atoms with Gasteiger partial charge in [-0.05, 0) is 35.9 Å². The number of amides is 1. The molecule has 5 heteroatoms. The van der Waals surface area contributed by atoms with E-state index in [1.807, 2.05) is 24.3 Å². The quantitative estimate of drug-likeness (QED) is 0.735. The van der Waals surface area contributed by atoms with Crippen molar-refractivity contribution in [2.45, 2.75) is 13.0 Å². The molecule has 0 atom stereocenters. The number of benzene rings is 2. The Morgan fingerprint density at radius 1 is 1.14 bits per heavy atom. The molecule has 2 rings (SSSR count). The molecule has 21 heavy (non-hydrogen) atoms. The summed E-state index contributed by atoms with van der Waals surface area (Å²) in [4.78, 5) is 11.8. The summed E-state index contributed by atoms with van der Waals surface area (Å²) in [6.07, 6.45) is 0.0103. The molecule has 0 aliphatic carbocycles. The lowest BCUT2D eigenvalue weighted by molar-refractivity contribution is -0.120. The van der Waals surface area contributed by atoms with Crippen LogP contribution in [0.15, 0.2) is 42.5 Å². The highest BCUT2D eigenvalue weighted by Gasteiger charge is 2.08. The number of phenols is 2. The molecule has 3 N–H and O–H groups in total. The fraction of sp³-hybridized carbons (Fsp3) is 0.188. The van der Waals surface area contributed by atoms with Crippen LogP contribution in [0.1, 0.15) is 11.1 Å². The smallest absolute Gasteiger partial charge is 0.224 e. The summed E-state index contributed by atoms with van der Waals surface area (Å²) in [5.74, 6) is 0.541. The predicted molar refractivity (Wildman–Crippen MR) is 78.3 cm³/mol. The van der Waals surface area contributed by atoms with Gasteiger partial charge in [-0.3, -0.25) is 4.79 Å². The predicted octanol–water partition coefficient (Wildman–Crippen LogP) is 1.97. The lowest BCUT2D eigenvalue weighted by Gasteiger charge is -2.08. The second kappa shape index (κ2) is 6.65. The van der Waals surface area contributed by atoms with E-state index in [9.17, 15) is 15.0 Å². The van der Waals surface area contributed by atoms with E-state index in [-0.39, 0.29) is 23.8 Å². The molecule has 0 saturated heterocycles. The maximum atomic E-state index is 11.8. The highest BCUT2D eigenvalue weighted by Crippen LogP contribution is 2.22. The van der Waals surface area contributed by atoms with Gasteiger partial charge in [0.15, 0.2) is 0 Å². The molecule has 0 unspecified atom stereocenters. The number of aromatic hydroxyl groups is 2. The number of nitrogens with one attached hydrogen (secondary N) is 1. The van der Waals surface area contributed by atoms with Crippen molar-refractivity contribution < 1.29 is 19.7 Å². The maximum Gasteiger partial charge on any atom is 0.224 e. The van der Waals surface area contributed by atoms with Crippen LogP contribution in [0.25, 0.3) is 0 Å². The largest absolute Gasteiger partial charge is 0.508 e. The molecule has 2 aromatic rings. The topological polar surface area (TPSA) is 78.8 Å². The minimum atomic E-state index is -0.230. The molecule has 5 nitrogen and oxygen atoms in total. The molecular weight excluding hydrogens is 270 g/mol. The van der Waals surface area contributed by atoms with Gasteiger partial charge >= 0.3 is 0 Å². The number of methoxy groups -OCH3 is 1. The van der Waals surface area contributed by atoms with E-state index in [4.69, 9.17) is 4.74 Å². The van der Waals surface area contributed by atoms with E-state index in [0.717, 1.165) is 11.3 Å². The van der Waals surface area contributed by atoms with Crippen LogP contribution in [-0.4, -0.2) is 23.2 Å². The van der Waals surface area contributed by atoms with Gasteiger partial charge in [0.05, 0.1) is 13.5 Å². The molecule has 110 valence electrons. The van der Waals surface area contributed by atoms with Crippen LogP contribution in [0.5, 0.6) is 17.2 Å². The van der Waals surface area contributed by atoms with Crippen molar-refractivity contribution in [1.82, 2.24) is 5.32 Å². The second-order valence-corrected chi connectivity index (χ2v) is 4.61. The second-order valence-electron chi connectivity index (χ2n) is 4.61. The van der Waals surface area contributed by atoms with Crippen molar-refractivity contribution in [2.75, 3.05) is 7.11 Å². The first-order chi connectivity index (χ1) is 10.1. The standard InChI is InChI=1S/C16H17NO4/c1-21-14-5-2-11(3-6-14)10-17-16(20)9-12-8-13(18)4-7-15(12)19/h2-8,18-19H,9-10H2,1H3,(H,17,20). The Morgan fingerprint density at radius 2 is 1.86 bits per heavy atom.